The summed E-state index contributed by atoms with van der Waals surface area (Å²) in [6.45, 7) is -0.472. The van der Waals surface area contributed by atoms with Crippen molar-refractivity contribution in [3.63, 3.8) is 0 Å². The third-order valence-corrected chi connectivity index (χ3v) is 2.39. The van der Waals surface area contributed by atoms with Gasteiger partial charge in [-0.1, -0.05) is 0 Å². The van der Waals surface area contributed by atoms with Crippen molar-refractivity contribution in [3.05, 3.63) is 41.9 Å². The molecular formula is C12H12N2O3. The number of nitrogens with zero attached hydrogens (tertiary/aromatic N) is 2. The zero-order valence-electron chi connectivity index (χ0n) is 9.04. The fourth-order valence-corrected chi connectivity index (χ4v) is 1.58. The average Bonchev–Trinajstić information content (AvgIpc) is 2.38. The minimum absolute atomic E-state index is 0.0285. The van der Waals surface area contributed by atoms with Crippen LogP contribution in [0.4, 0.5) is 0 Å². The van der Waals surface area contributed by atoms with Crippen LogP contribution in [0.2, 0.25) is 0 Å². The van der Waals surface area contributed by atoms with E-state index in [0.29, 0.717) is 22.6 Å². The van der Waals surface area contributed by atoms with Crippen molar-refractivity contribution in [1.29, 1.82) is 0 Å². The van der Waals surface area contributed by atoms with Crippen molar-refractivity contribution in [3.8, 4) is 17.0 Å². The molecule has 0 aliphatic carbocycles. The second-order valence-electron chi connectivity index (χ2n) is 3.48. The Morgan fingerprint density at radius 3 is 2.53 bits per heavy atom. The minimum atomic E-state index is -0.279. The Hall–Kier alpha value is -1.98. The summed E-state index contributed by atoms with van der Waals surface area (Å²) in [6.07, 6.45) is 1.55. The van der Waals surface area contributed by atoms with Gasteiger partial charge in [0.1, 0.15) is 11.4 Å². The maximum atomic E-state index is 9.69. The Morgan fingerprint density at radius 1 is 1.06 bits per heavy atom. The first-order chi connectivity index (χ1) is 8.26. The van der Waals surface area contributed by atoms with Crippen molar-refractivity contribution in [2.75, 3.05) is 0 Å². The standard InChI is InChI=1S/C12H12N2O3/c15-6-8-3-4-9(10(7-16)14-8)12-11(17)2-1-5-13-12/h1-5,15-17H,6-7H2. The molecular weight excluding hydrogens is 220 g/mol. The van der Waals surface area contributed by atoms with E-state index in [1.165, 1.54) is 6.07 Å². The van der Waals surface area contributed by atoms with E-state index in [-0.39, 0.29) is 19.0 Å². The highest BCUT2D eigenvalue weighted by Gasteiger charge is 2.11. The fourth-order valence-electron chi connectivity index (χ4n) is 1.58. The largest absolute Gasteiger partial charge is 0.506 e. The van der Waals surface area contributed by atoms with E-state index in [1.54, 1.807) is 24.4 Å². The molecule has 2 heterocycles. The van der Waals surface area contributed by atoms with Crippen LogP contribution >= 0.6 is 0 Å². The number of rotatable bonds is 3. The third kappa shape index (κ3) is 2.25. The number of pyridine rings is 2. The van der Waals surface area contributed by atoms with E-state index in [4.69, 9.17) is 5.11 Å². The van der Waals surface area contributed by atoms with Crippen LogP contribution in [0.1, 0.15) is 11.4 Å². The Morgan fingerprint density at radius 2 is 1.88 bits per heavy atom. The van der Waals surface area contributed by atoms with Crippen LogP contribution in [0.3, 0.4) is 0 Å². The zero-order valence-corrected chi connectivity index (χ0v) is 9.04. The molecule has 0 radical (unpaired) electrons. The number of aliphatic hydroxyl groups excluding tert-OH is 2. The molecule has 2 rings (SSSR count). The van der Waals surface area contributed by atoms with Crippen LogP contribution in [0.15, 0.2) is 30.5 Å². The molecule has 0 unspecified atom stereocenters. The average molecular weight is 232 g/mol. The summed E-state index contributed by atoms with van der Waals surface area (Å²) in [4.78, 5) is 8.13. The monoisotopic (exact) mass is 232 g/mol. The lowest BCUT2D eigenvalue weighted by Gasteiger charge is -2.08. The summed E-state index contributed by atoms with van der Waals surface area (Å²) in [5, 5.41) is 27.9. The summed E-state index contributed by atoms with van der Waals surface area (Å²) < 4.78 is 0. The van der Waals surface area contributed by atoms with Gasteiger partial charge in [0.25, 0.3) is 0 Å². The maximum absolute atomic E-state index is 9.69. The molecule has 0 amide bonds. The predicted molar refractivity (Wildman–Crippen MR) is 61.0 cm³/mol. The SMILES string of the molecule is OCc1ccc(-c2ncccc2O)c(CO)n1. The second kappa shape index (κ2) is 4.90. The van der Waals surface area contributed by atoms with E-state index in [1.807, 2.05) is 0 Å². The molecule has 0 aliphatic rings. The molecule has 0 aliphatic heterocycles. The predicted octanol–water partition coefficient (Wildman–Crippen LogP) is 0.834. The molecule has 3 N–H and O–H groups in total. The molecule has 0 saturated carbocycles. The molecule has 0 spiro atoms. The van der Waals surface area contributed by atoms with Crippen LogP contribution in [-0.2, 0) is 13.2 Å². The fraction of sp³-hybridized carbons (Fsp3) is 0.167. The Labute approximate surface area is 98.0 Å². The molecule has 0 saturated heterocycles. The summed E-state index contributed by atoms with van der Waals surface area (Å²) in [6, 6.07) is 6.44. The minimum Gasteiger partial charge on any atom is -0.506 e. The van der Waals surface area contributed by atoms with Crippen molar-refractivity contribution in [1.82, 2.24) is 9.97 Å². The van der Waals surface area contributed by atoms with Gasteiger partial charge in [-0.2, -0.15) is 0 Å². The van der Waals surface area contributed by atoms with Crippen LogP contribution in [0.5, 0.6) is 5.75 Å². The van der Waals surface area contributed by atoms with Gasteiger partial charge in [-0.25, -0.2) is 0 Å². The van der Waals surface area contributed by atoms with Crippen LogP contribution < -0.4 is 0 Å². The Bertz CT molecular complexity index is 529. The van der Waals surface area contributed by atoms with E-state index < -0.39 is 0 Å². The highest BCUT2D eigenvalue weighted by atomic mass is 16.3. The van der Waals surface area contributed by atoms with Gasteiger partial charge < -0.3 is 15.3 Å². The summed E-state index contributed by atoms with van der Waals surface area (Å²) in [5.74, 6) is 0.0285. The normalized spacial score (nSPS) is 10.5. The van der Waals surface area contributed by atoms with Crippen LogP contribution in [-0.4, -0.2) is 25.3 Å². The molecule has 2 aromatic heterocycles. The summed E-state index contributed by atoms with van der Waals surface area (Å²) in [7, 11) is 0. The van der Waals surface area contributed by atoms with Crippen molar-refractivity contribution in [2.24, 2.45) is 0 Å². The molecule has 2 aromatic rings. The first-order valence-electron chi connectivity index (χ1n) is 5.11. The molecule has 0 fully saturated rings. The highest BCUT2D eigenvalue weighted by Crippen LogP contribution is 2.28. The first-order valence-corrected chi connectivity index (χ1v) is 5.11. The van der Waals surface area contributed by atoms with E-state index >= 15 is 0 Å². The van der Waals surface area contributed by atoms with Gasteiger partial charge in [-0.05, 0) is 24.3 Å². The molecule has 5 heteroatoms. The lowest BCUT2D eigenvalue weighted by molar-refractivity contribution is 0.266. The van der Waals surface area contributed by atoms with Gasteiger partial charge in [0.15, 0.2) is 0 Å². The maximum Gasteiger partial charge on any atom is 0.141 e. The number of hydrogen-bond acceptors (Lipinski definition) is 5. The number of aliphatic hydroxyl groups is 2. The lowest BCUT2D eigenvalue weighted by atomic mass is 10.1. The smallest absolute Gasteiger partial charge is 0.141 e. The van der Waals surface area contributed by atoms with E-state index in [9.17, 15) is 10.2 Å². The zero-order chi connectivity index (χ0) is 12.3. The van der Waals surface area contributed by atoms with Gasteiger partial charge in [0.05, 0.1) is 24.6 Å². The topological polar surface area (TPSA) is 86.5 Å². The Kier molecular flexibility index (Phi) is 3.32. The van der Waals surface area contributed by atoms with Crippen molar-refractivity contribution in [2.45, 2.75) is 13.2 Å². The molecule has 5 nitrogen and oxygen atoms in total. The third-order valence-electron chi connectivity index (χ3n) is 2.39. The van der Waals surface area contributed by atoms with Gasteiger partial charge in [0, 0.05) is 11.8 Å². The highest BCUT2D eigenvalue weighted by molar-refractivity contribution is 5.67. The van der Waals surface area contributed by atoms with Gasteiger partial charge in [-0.3, -0.25) is 9.97 Å². The number of aromatic hydroxyl groups is 1. The first kappa shape index (κ1) is 11.5. The van der Waals surface area contributed by atoms with E-state index in [0.717, 1.165) is 0 Å². The number of aromatic nitrogens is 2. The van der Waals surface area contributed by atoms with Crippen LogP contribution in [0, 0.1) is 0 Å². The number of hydrogen-bond donors (Lipinski definition) is 3. The molecule has 0 aromatic carbocycles. The summed E-state index contributed by atoms with van der Waals surface area (Å²) in [5.41, 5.74) is 1.77. The molecule has 0 atom stereocenters. The van der Waals surface area contributed by atoms with Crippen LogP contribution in [0.25, 0.3) is 11.3 Å². The van der Waals surface area contributed by atoms with Crippen molar-refractivity contribution >= 4 is 0 Å². The van der Waals surface area contributed by atoms with Gasteiger partial charge >= 0.3 is 0 Å². The Balaban J connectivity index is 2.56. The second-order valence-corrected chi connectivity index (χ2v) is 3.48. The molecule has 0 bridgehead atoms. The van der Waals surface area contributed by atoms with Gasteiger partial charge in [-0.15, -0.1) is 0 Å². The van der Waals surface area contributed by atoms with Gasteiger partial charge in [0.2, 0.25) is 0 Å². The van der Waals surface area contributed by atoms with E-state index in [2.05, 4.69) is 9.97 Å². The molecule has 17 heavy (non-hydrogen) atoms. The molecule has 88 valence electrons. The lowest BCUT2D eigenvalue weighted by Crippen LogP contribution is -1.99. The quantitative estimate of drug-likeness (QED) is 0.729. The summed E-state index contributed by atoms with van der Waals surface area (Å²) >= 11 is 0. The van der Waals surface area contributed by atoms with Crippen molar-refractivity contribution < 1.29 is 15.3 Å².